The number of benzene rings is 2. The molecule has 0 aliphatic carbocycles. The van der Waals surface area contributed by atoms with Gasteiger partial charge in [-0.2, -0.15) is 0 Å². The van der Waals surface area contributed by atoms with E-state index in [1.807, 2.05) is 18.2 Å². The van der Waals surface area contributed by atoms with Crippen molar-refractivity contribution in [3.63, 3.8) is 0 Å². The van der Waals surface area contributed by atoms with Gasteiger partial charge in [-0.25, -0.2) is 4.58 Å². The van der Waals surface area contributed by atoms with Crippen LogP contribution in [0.2, 0.25) is 0 Å². The molecule has 1 heterocycles. The Bertz CT molecular complexity index is 929. The number of para-hydroxylation sites is 1. The van der Waals surface area contributed by atoms with E-state index in [4.69, 9.17) is 9.15 Å². The lowest BCUT2D eigenvalue weighted by molar-refractivity contribution is 0.415. The largest absolute Gasteiger partial charge is 0.497 e. The average molecular weight is 365 g/mol. The Balaban J connectivity index is 2.20. The summed E-state index contributed by atoms with van der Waals surface area (Å²) < 4.78 is 14.1. The Hall–Kier alpha value is -2.55. The van der Waals surface area contributed by atoms with E-state index in [9.17, 15) is 0 Å². The zero-order valence-electron chi connectivity index (χ0n) is 16.7. The number of nitrogens with zero attached hydrogens (tertiary/aromatic N) is 1. The molecule has 0 spiro atoms. The van der Waals surface area contributed by atoms with Gasteiger partial charge in [-0.3, -0.25) is 0 Å². The van der Waals surface area contributed by atoms with E-state index >= 15 is 0 Å². The highest BCUT2D eigenvalue weighted by Gasteiger charge is 2.13. The van der Waals surface area contributed by atoms with Crippen molar-refractivity contribution >= 4 is 11.0 Å². The van der Waals surface area contributed by atoms with Crippen molar-refractivity contribution in [1.29, 1.82) is 0 Å². The average Bonchev–Trinajstić information content (AvgIpc) is 2.73. The lowest BCUT2D eigenvalue weighted by atomic mass is 10.1. The fraction of sp³-hybridized carbons (Fsp3) is 0.375. The SMILES string of the molecule is CCCC[N+](CCCC)=c1cc(-c2ccc(OC)cc2)oc2ccccc12. The van der Waals surface area contributed by atoms with Crippen LogP contribution in [0.5, 0.6) is 5.75 Å². The Morgan fingerprint density at radius 2 is 1.56 bits per heavy atom. The summed E-state index contributed by atoms with van der Waals surface area (Å²) in [5.74, 6) is 1.75. The van der Waals surface area contributed by atoms with Gasteiger partial charge in [0.25, 0.3) is 0 Å². The molecule has 0 saturated heterocycles. The van der Waals surface area contributed by atoms with Gasteiger partial charge in [0.05, 0.1) is 18.6 Å². The molecular weight excluding hydrogens is 334 g/mol. The zero-order valence-corrected chi connectivity index (χ0v) is 16.7. The summed E-state index contributed by atoms with van der Waals surface area (Å²) in [7, 11) is 1.69. The monoisotopic (exact) mass is 364 g/mol. The Kier molecular flexibility index (Phi) is 6.69. The molecule has 0 aliphatic rings. The predicted octanol–water partition coefficient (Wildman–Crippen LogP) is 5.48. The highest BCUT2D eigenvalue weighted by atomic mass is 16.5. The van der Waals surface area contributed by atoms with Crippen molar-refractivity contribution in [1.82, 2.24) is 4.58 Å². The molecule has 3 nitrogen and oxygen atoms in total. The van der Waals surface area contributed by atoms with E-state index in [1.54, 1.807) is 7.11 Å². The lowest BCUT2D eigenvalue weighted by Gasteiger charge is -2.08. The van der Waals surface area contributed by atoms with E-state index < -0.39 is 0 Å². The van der Waals surface area contributed by atoms with E-state index in [0.717, 1.165) is 35.7 Å². The molecule has 3 heteroatoms. The van der Waals surface area contributed by atoms with Crippen LogP contribution in [0.4, 0.5) is 0 Å². The second-order valence-corrected chi connectivity index (χ2v) is 6.91. The smallest absolute Gasteiger partial charge is 0.214 e. The summed E-state index contributed by atoms with van der Waals surface area (Å²) in [4.78, 5) is 0. The van der Waals surface area contributed by atoms with E-state index in [-0.39, 0.29) is 0 Å². The molecule has 1 aromatic heterocycles. The predicted molar refractivity (Wildman–Crippen MR) is 113 cm³/mol. The number of unbranched alkanes of at least 4 members (excludes halogenated alkanes) is 2. The van der Waals surface area contributed by atoms with Gasteiger partial charge in [0.2, 0.25) is 5.36 Å². The fourth-order valence-corrected chi connectivity index (χ4v) is 3.33. The van der Waals surface area contributed by atoms with Crippen LogP contribution in [-0.2, 0) is 0 Å². The molecule has 0 N–H and O–H groups in total. The molecule has 142 valence electrons. The standard InChI is InChI=1S/C24H30NO2/c1-4-6-16-25(17-7-5-2)22-18-24(19-12-14-20(26-3)15-13-19)27-23-11-9-8-10-21(22)23/h8-15,18H,4-7,16-17H2,1-3H3/q+1. The molecule has 0 atom stereocenters. The van der Waals surface area contributed by atoms with Gasteiger partial charge < -0.3 is 9.15 Å². The van der Waals surface area contributed by atoms with Crippen LogP contribution in [0.15, 0.2) is 59.0 Å². The van der Waals surface area contributed by atoms with Crippen LogP contribution < -0.4 is 14.7 Å². The van der Waals surface area contributed by atoms with Gasteiger partial charge in [0.15, 0.2) is 0 Å². The van der Waals surface area contributed by atoms with Crippen molar-refractivity contribution in [3.05, 3.63) is 60.0 Å². The third kappa shape index (κ3) is 4.60. The summed E-state index contributed by atoms with van der Waals surface area (Å²) in [6.45, 7) is 6.65. The molecule has 0 saturated carbocycles. The van der Waals surface area contributed by atoms with Crippen LogP contribution in [0.1, 0.15) is 39.5 Å². The number of hydrogen-bond donors (Lipinski definition) is 0. The van der Waals surface area contributed by atoms with Crippen LogP contribution in [-0.4, -0.2) is 20.2 Å². The third-order valence-electron chi connectivity index (χ3n) is 4.93. The molecule has 3 aromatic rings. The quantitative estimate of drug-likeness (QED) is 0.495. The Morgan fingerprint density at radius 1 is 0.889 bits per heavy atom. The third-order valence-corrected chi connectivity index (χ3v) is 4.93. The van der Waals surface area contributed by atoms with Gasteiger partial charge in [-0.05, 0) is 36.4 Å². The molecule has 0 unspecified atom stereocenters. The maximum absolute atomic E-state index is 6.25. The van der Waals surface area contributed by atoms with E-state index in [1.165, 1.54) is 36.4 Å². The molecule has 0 amide bonds. The summed E-state index contributed by atoms with van der Waals surface area (Å²) in [5, 5.41) is 2.45. The normalized spacial score (nSPS) is 10.9. The second kappa shape index (κ2) is 9.40. The van der Waals surface area contributed by atoms with Crippen molar-refractivity contribution in [2.45, 2.75) is 39.5 Å². The molecule has 0 radical (unpaired) electrons. The van der Waals surface area contributed by atoms with Crippen molar-refractivity contribution < 1.29 is 9.15 Å². The second-order valence-electron chi connectivity index (χ2n) is 6.91. The number of hydrogen-bond acceptors (Lipinski definition) is 2. The fourth-order valence-electron chi connectivity index (χ4n) is 3.33. The minimum absolute atomic E-state index is 0.854. The minimum Gasteiger partial charge on any atom is -0.497 e. The number of methoxy groups -OCH3 is 1. The van der Waals surface area contributed by atoms with Gasteiger partial charge in [0, 0.05) is 18.4 Å². The van der Waals surface area contributed by atoms with E-state index in [0.29, 0.717) is 0 Å². The Morgan fingerprint density at radius 3 is 2.19 bits per heavy atom. The summed E-state index contributed by atoms with van der Waals surface area (Å²) in [6.07, 6.45) is 4.79. The first-order valence-electron chi connectivity index (χ1n) is 10.0. The molecule has 0 fully saturated rings. The highest BCUT2D eigenvalue weighted by Crippen LogP contribution is 2.24. The molecule has 0 bridgehead atoms. The first-order chi connectivity index (χ1) is 13.3. The van der Waals surface area contributed by atoms with Crippen LogP contribution in [0.3, 0.4) is 0 Å². The van der Waals surface area contributed by atoms with E-state index in [2.05, 4.69) is 54.8 Å². The highest BCUT2D eigenvalue weighted by molar-refractivity contribution is 5.78. The van der Waals surface area contributed by atoms with Gasteiger partial charge in [-0.15, -0.1) is 0 Å². The first-order valence-corrected chi connectivity index (χ1v) is 10.0. The number of rotatable bonds is 8. The molecular formula is C24H30NO2+. The van der Waals surface area contributed by atoms with Gasteiger partial charge in [-0.1, -0.05) is 38.8 Å². The van der Waals surface area contributed by atoms with Crippen molar-refractivity contribution in [3.8, 4) is 17.1 Å². The first kappa shape index (κ1) is 19.2. The minimum atomic E-state index is 0.854. The van der Waals surface area contributed by atoms with Gasteiger partial charge >= 0.3 is 0 Å². The topological polar surface area (TPSA) is 25.4 Å². The summed E-state index contributed by atoms with van der Waals surface area (Å²) in [6, 6.07) is 18.6. The molecule has 27 heavy (non-hydrogen) atoms. The van der Waals surface area contributed by atoms with Crippen LogP contribution >= 0.6 is 0 Å². The van der Waals surface area contributed by atoms with Gasteiger partial charge in [0.1, 0.15) is 30.2 Å². The van der Waals surface area contributed by atoms with Crippen molar-refractivity contribution in [2.75, 3.05) is 20.2 Å². The molecule has 3 rings (SSSR count). The van der Waals surface area contributed by atoms with Crippen molar-refractivity contribution in [2.24, 2.45) is 0 Å². The summed E-state index contributed by atoms with van der Waals surface area (Å²) >= 11 is 0. The lowest BCUT2D eigenvalue weighted by Crippen LogP contribution is -2.32. The Labute approximate surface area is 161 Å². The molecule has 2 aromatic carbocycles. The maximum Gasteiger partial charge on any atom is 0.214 e. The maximum atomic E-state index is 6.25. The number of fused-ring (bicyclic) bond motifs is 1. The summed E-state index contributed by atoms with van der Waals surface area (Å²) in [5.41, 5.74) is 1.99. The zero-order chi connectivity index (χ0) is 19.1. The number of ether oxygens (including phenoxy) is 1. The molecule has 0 aliphatic heterocycles. The van der Waals surface area contributed by atoms with Crippen LogP contribution in [0, 0.1) is 0 Å². The van der Waals surface area contributed by atoms with Crippen LogP contribution in [0.25, 0.3) is 22.3 Å².